The quantitative estimate of drug-likeness (QED) is 0.621. The molecule has 1 rings (SSSR count). The van der Waals surface area contributed by atoms with E-state index in [4.69, 9.17) is 0 Å². The topological polar surface area (TPSA) is 63.2 Å². The van der Waals surface area contributed by atoms with Crippen LogP contribution in [-0.4, -0.2) is 23.5 Å². The maximum absolute atomic E-state index is 11.5. The second kappa shape index (κ2) is 3.52. The summed E-state index contributed by atoms with van der Waals surface area (Å²) in [5.41, 5.74) is -0.261. The monoisotopic (exact) mass is 197 g/mol. The highest BCUT2D eigenvalue weighted by Gasteiger charge is 2.39. The van der Waals surface area contributed by atoms with Gasteiger partial charge < -0.3 is 5.32 Å². The van der Waals surface area contributed by atoms with E-state index in [9.17, 15) is 14.4 Å². The lowest BCUT2D eigenvalue weighted by Crippen LogP contribution is -2.51. The van der Waals surface area contributed by atoms with E-state index < -0.39 is 6.04 Å². The lowest BCUT2D eigenvalue weighted by molar-refractivity contribution is -0.139. The Labute approximate surface area is 83.1 Å². The van der Waals surface area contributed by atoms with E-state index in [-0.39, 0.29) is 22.9 Å². The van der Waals surface area contributed by atoms with Crippen LogP contribution < -0.4 is 5.32 Å². The lowest BCUT2D eigenvalue weighted by Gasteiger charge is -2.31. The van der Waals surface area contributed by atoms with Crippen LogP contribution in [0, 0.1) is 5.41 Å². The van der Waals surface area contributed by atoms with Gasteiger partial charge in [-0.15, -0.1) is 0 Å². The number of hydrogen-bond donors (Lipinski definition) is 1. The predicted molar refractivity (Wildman–Crippen MR) is 50.6 cm³/mol. The molecule has 14 heavy (non-hydrogen) atoms. The largest absolute Gasteiger partial charge is 0.340 e. The summed E-state index contributed by atoms with van der Waals surface area (Å²) >= 11 is 0. The maximum Gasteiger partial charge on any atom is 0.217 e. The van der Waals surface area contributed by atoms with Crippen LogP contribution in [0.2, 0.25) is 0 Å². The van der Waals surface area contributed by atoms with E-state index >= 15 is 0 Å². The van der Waals surface area contributed by atoms with Crippen molar-refractivity contribution in [2.45, 2.75) is 39.7 Å². The first-order chi connectivity index (χ1) is 6.32. The highest BCUT2D eigenvalue weighted by molar-refractivity contribution is 6.10. The number of ketones is 2. The number of hydrogen-bond acceptors (Lipinski definition) is 3. The van der Waals surface area contributed by atoms with Gasteiger partial charge in [0.05, 0.1) is 0 Å². The number of amides is 1. The Hall–Kier alpha value is -1.19. The van der Waals surface area contributed by atoms with Gasteiger partial charge in [-0.1, -0.05) is 13.8 Å². The lowest BCUT2D eigenvalue weighted by atomic mass is 9.74. The van der Waals surface area contributed by atoms with Gasteiger partial charge in [0.25, 0.3) is 0 Å². The first-order valence-corrected chi connectivity index (χ1v) is 4.64. The van der Waals surface area contributed by atoms with Crippen LogP contribution in [0.1, 0.15) is 33.6 Å². The van der Waals surface area contributed by atoms with Crippen molar-refractivity contribution in [2.24, 2.45) is 5.41 Å². The van der Waals surface area contributed by atoms with Crippen molar-refractivity contribution in [3.8, 4) is 0 Å². The van der Waals surface area contributed by atoms with E-state index in [1.54, 1.807) is 0 Å². The third kappa shape index (κ3) is 2.40. The smallest absolute Gasteiger partial charge is 0.217 e. The molecule has 0 radical (unpaired) electrons. The molecule has 1 amide bonds. The fourth-order valence-corrected chi connectivity index (χ4v) is 1.75. The molecule has 0 unspecified atom stereocenters. The molecule has 0 atom stereocenters. The Morgan fingerprint density at radius 3 is 2.07 bits per heavy atom. The first-order valence-electron chi connectivity index (χ1n) is 4.64. The molecule has 0 spiro atoms. The van der Waals surface area contributed by atoms with Crippen LogP contribution >= 0.6 is 0 Å². The predicted octanol–water partition coefficient (Wildman–Crippen LogP) is 0.449. The van der Waals surface area contributed by atoms with Crippen LogP contribution in [0.5, 0.6) is 0 Å². The first kappa shape index (κ1) is 10.9. The van der Waals surface area contributed by atoms with Gasteiger partial charge in [0.2, 0.25) is 5.91 Å². The summed E-state index contributed by atoms with van der Waals surface area (Å²) in [6.45, 7) is 5.07. The number of nitrogens with one attached hydrogen (secondary N) is 1. The average molecular weight is 197 g/mol. The number of carbonyl (C=O) groups excluding carboxylic acids is 3. The van der Waals surface area contributed by atoms with Crippen molar-refractivity contribution in [1.29, 1.82) is 0 Å². The highest BCUT2D eigenvalue weighted by Crippen LogP contribution is 2.31. The minimum atomic E-state index is -0.902. The molecule has 0 aliphatic heterocycles. The maximum atomic E-state index is 11.5. The van der Waals surface area contributed by atoms with Gasteiger partial charge in [-0.2, -0.15) is 0 Å². The van der Waals surface area contributed by atoms with Gasteiger partial charge in [0, 0.05) is 19.8 Å². The molecule has 4 heteroatoms. The number of carbonyl (C=O) groups is 3. The van der Waals surface area contributed by atoms with E-state index in [0.717, 1.165) is 0 Å². The fraction of sp³-hybridized carbons (Fsp3) is 0.700. The zero-order valence-electron chi connectivity index (χ0n) is 8.72. The molecule has 1 aliphatic carbocycles. The molecule has 1 N–H and O–H groups in total. The highest BCUT2D eigenvalue weighted by atomic mass is 16.2. The molecule has 1 saturated carbocycles. The Bertz CT molecular complexity index is 274. The molecular formula is C10H15NO3. The molecule has 0 bridgehead atoms. The van der Waals surface area contributed by atoms with Crippen molar-refractivity contribution in [1.82, 2.24) is 5.32 Å². The van der Waals surface area contributed by atoms with Gasteiger partial charge in [-0.3, -0.25) is 14.4 Å². The van der Waals surface area contributed by atoms with Crippen LogP contribution in [0.4, 0.5) is 0 Å². The molecule has 0 aromatic rings. The van der Waals surface area contributed by atoms with Crippen LogP contribution in [0.25, 0.3) is 0 Å². The standard InChI is InChI=1S/C10H15NO3/c1-6(12)11-9-7(13)4-10(2,3)5-8(9)14/h9H,4-5H2,1-3H3,(H,11,12). The zero-order valence-corrected chi connectivity index (χ0v) is 8.72. The fourth-order valence-electron chi connectivity index (χ4n) is 1.75. The van der Waals surface area contributed by atoms with E-state index in [1.807, 2.05) is 13.8 Å². The molecule has 1 aliphatic rings. The van der Waals surface area contributed by atoms with Gasteiger partial charge in [0.1, 0.15) is 6.04 Å². The van der Waals surface area contributed by atoms with Crippen molar-refractivity contribution in [2.75, 3.05) is 0 Å². The molecule has 78 valence electrons. The van der Waals surface area contributed by atoms with Crippen LogP contribution in [0.3, 0.4) is 0 Å². The molecule has 1 fully saturated rings. The summed E-state index contributed by atoms with van der Waals surface area (Å²) in [7, 11) is 0. The van der Waals surface area contributed by atoms with Gasteiger partial charge in [0.15, 0.2) is 11.6 Å². The minimum absolute atomic E-state index is 0.179. The molecule has 0 saturated heterocycles. The van der Waals surface area contributed by atoms with E-state index in [0.29, 0.717) is 12.8 Å². The SMILES string of the molecule is CC(=O)NC1C(=O)CC(C)(C)CC1=O. The average Bonchev–Trinajstić information content (AvgIpc) is 1.94. The van der Waals surface area contributed by atoms with Crippen molar-refractivity contribution in [3.63, 3.8) is 0 Å². The molecular weight excluding hydrogens is 182 g/mol. The summed E-state index contributed by atoms with van der Waals surface area (Å²) in [6, 6.07) is -0.902. The zero-order chi connectivity index (χ0) is 10.9. The summed E-state index contributed by atoms with van der Waals surface area (Å²) < 4.78 is 0. The van der Waals surface area contributed by atoms with Gasteiger partial charge in [-0.05, 0) is 5.41 Å². The third-order valence-electron chi connectivity index (χ3n) is 2.30. The van der Waals surface area contributed by atoms with Gasteiger partial charge in [-0.25, -0.2) is 0 Å². The number of Topliss-reactive ketones (excluding diaryl/α,β-unsaturated/α-hetero) is 2. The van der Waals surface area contributed by atoms with Crippen molar-refractivity contribution >= 4 is 17.5 Å². The van der Waals surface area contributed by atoms with Crippen molar-refractivity contribution < 1.29 is 14.4 Å². The summed E-state index contributed by atoms with van der Waals surface area (Å²) in [5.74, 6) is -0.695. The summed E-state index contributed by atoms with van der Waals surface area (Å²) in [4.78, 5) is 33.8. The van der Waals surface area contributed by atoms with Crippen molar-refractivity contribution in [3.05, 3.63) is 0 Å². The third-order valence-corrected chi connectivity index (χ3v) is 2.30. The Morgan fingerprint density at radius 2 is 1.71 bits per heavy atom. The molecule has 0 aromatic heterocycles. The number of rotatable bonds is 1. The van der Waals surface area contributed by atoms with E-state index in [1.165, 1.54) is 6.92 Å². The Morgan fingerprint density at radius 1 is 1.29 bits per heavy atom. The Kier molecular flexibility index (Phi) is 2.73. The van der Waals surface area contributed by atoms with Crippen LogP contribution in [0.15, 0.2) is 0 Å². The van der Waals surface area contributed by atoms with E-state index in [2.05, 4.69) is 5.32 Å². The molecule has 0 aromatic carbocycles. The summed E-state index contributed by atoms with van der Waals surface area (Å²) in [6.07, 6.45) is 0.702. The molecule has 4 nitrogen and oxygen atoms in total. The van der Waals surface area contributed by atoms with Gasteiger partial charge >= 0.3 is 0 Å². The second-order valence-electron chi connectivity index (χ2n) is 4.58. The normalized spacial score (nSPS) is 22.2. The minimum Gasteiger partial charge on any atom is -0.340 e. The Balaban J connectivity index is 2.76. The van der Waals surface area contributed by atoms with Crippen LogP contribution in [-0.2, 0) is 14.4 Å². The summed E-state index contributed by atoms with van der Waals surface area (Å²) in [5, 5.41) is 2.38. The second-order valence-corrected chi connectivity index (χ2v) is 4.58. The molecule has 0 heterocycles.